The maximum atomic E-state index is 13.5. The molecule has 8 nitrogen and oxygen atoms in total. The molecule has 39 heavy (non-hydrogen) atoms. The lowest BCUT2D eigenvalue weighted by molar-refractivity contribution is 0.0526. The molecule has 0 aliphatic rings. The van der Waals surface area contributed by atoms with Crippen molar-refractivity contribution in [3.05, 3.63) is 107 Å². The number of carbonyl (C=O) groups is 1. The molecule has 0 saturated carbocycles. The van der Waals surface area contributed by atoms with Crippen molar-refractivity contribution in [1.82, 2.24) is 14.5 Å². The van der Waals surface area contributed by atoms with E-state index in [1.54, 1.807) is 13.8 Å². The normalized spacial score (nSPS) is 10.8. The molecule has 3 aromatic carbocycles. The Balaban J connectivity index is 1.87. The molecule has 8 heteroatoms. The Morgan fingerprint density at radius 1 is 0.872 bits per heavy atom. The Bertz CT molecular complexity index is 1680. The number of carbonyl (C=O) groups excluding carboxylic acids is 1. The predicted molar refractivity (Wildman–Crippen MR) is 152 cm³/mol. The maximum Gasteiger partial charge on any atom is 0.355 e. The summed E-state index contributed by atoms with van der Waals surface area (Å²) in [6.45, 7) is 6.20. The number of fused-ring (bicyclic) bond motifs is 1. The Labute approximate surface area is 225 Å². The Hall–Kier alpha value is -4.98. The molecule has 0 aliphatic carbocycles. The summed E-state index contributed by atoms with van der Waals surface area (Å²) in [5.74, 6) is 0.517. The highest BCUT2D eigenvalue weighted by Gasteiger charge is 2.26. The first-order chi connectivity index (χ1) is 19.0. The highest BCUT2D eigenvalue weighted by molar-refractivity contribution is 6.11. The van der Waals surface area contributed by atoms with Gasteiger partial charge in [0.05, 0.1) is 35.5 Å². The van der Waals surface area contributed by atoms with E-state index in [1.165, 1.54) is 4.57 Å². The van der Waals surface area contributed by atoms with Gasteiger partial charge in [0, 0.05) is 11.3 Å². The van der Waals surface area contributed by atoms with Gasteiger partial charge in [-0.15, -0.1) is 0 Å². The molecule has 2 aromatic heterocycles. The lowest BCUT2D eigenvalue weighted by atomic mass is 9.95. The number of anilines is 2. The van der Waals surface area contributed by atoms with E-state index in [0.29, 0.717) is 45.8 Å². The molecule has 0 spiro atoms. The summed E-state index contributed by atoms with van der Waals surface area (Å²) < 4.78 is 12.5. The smallest absolute Gasteiger partial charge is 0.355 e. The summed E-state index contributed by atoms with van der Waals surface area (Å²) in [7, 11) is 0. The average Bonchev–Trinajstić information content (AvgIpc) is 2.94. The number of hydrogen-bond donors (Lipinski definition) is 1. The number of ether oxygens (including phenoxy) is 2. The molecule has 0 radical (unpaired) electrons. The van der Waals surface area contributed by atoms with E-state index < -0.39 is 11.7 Å². The van der Waals surface area contributed by atoms with Crippen molar-refractivity contribution in [2.24, 2.45) is 0 Å². The van der Waals surface area contributed by atoms with Crippen LogP contribution in [-0.2, 0) is 4.74 Å². The van der Waals surface area contributed by atoms with Crippen LogP contribution in [0.25, 0.3) is 27.8 Å². The van der Waals surface area contributed by atoms with Crippen LogP contribution in [0.2, 0.25) is 0 Å². The molecular formula is C31H28N4O4. The van der Waals surface area contributed by atoms with Gasteiger partial charge in [0.25, 0.3) is 0 Å². The number of hydrogen-bond acceptors (Lipinski definition) is 7. The highest BCUT2D eigenvalue weighted by Crippen LogP contribution is 2.38. The van der Waals surface area contributed by atoms with Gasteiger partial charge in [0.1, 0.15) is 11.6 Å². The molecule has 0 atom stereocenters. The Morgan fingerprint density at radius 2 is 1.54 bits per heavy atom. The molecule has 1 N–H and O–H groups in total. The Morgan fingerprint density at radius 3 is 2.18 bits per heavy atom. The van der Waals surface area contributed by atoms with E-state index in [4.69, 9.17) is 14.5 Å². The lowest BCUT2D eigenvalue weighted by Crippen LogP contribution is -2.25. The van der Waals surface area contributed by atoms with Gasteiger partial charge in [0.2, 0.25) is 0 Å². The summed E-state index contributed by atoms with van der Waals surface area (Å²) in [6, 6.07) is 26.1. The van der Waals surface area contributed by atoms with Crippen LogP contribution < -0.4 is 15.7 Å². The molecule has 2 heterocycles. The topological polar surface area (TPSA) is 95.3 Å². The second kappa shape index (κ2) is 11.2. The summed E-state index contributed by atoms with van der Waals surface area (Å²) in [5.41, 5.74) is 3.31. The summed E-state index contributed by atoms with van der Waals surface area (Å²) in [6.07, 6.45) is 0. The van der Waals surface area contributed by atoms with E-state index in [1.807, 2.05) is 91.9 Å². The van der Waals surface area contributed by atoms with Crippen LogP contribution in [0.5, 0.6) is 5.75 Å². The van der Waals surface area contributed by atoms with Crippen molar-refractivity contribution in [3.63, 3.8) is 0 Å². The molecular weight excluding hydrogens is 492 g/mol. The molecule has 196 valence electrons. The predicted octanol–water partition coefficient (Wildman–Crippen LogP) is 6.08. The molecule has 5 rings (SSSR count). The number of pyridine rings is 1. The minimum Gasteiger partial charge on any atom is -0.494 e. The number of aromatic nitrogens is 3. The van der Waals surface area contributed by atoms with Crippen molar-refractivity contribution >= 4 is 28.5 Å². The number of aryl methyl sites for hydroxylation is 1. The molecule has 0 unspecified atom stereocenters. The van der Waals surface area contributed by atoms with Gasteiger partial charge in [-0.25, -0.2) is 19.1 Å². The minimum atomic E-state index is -0.503. The quantitative estimate of drug-likeness (QED) is 0.248. The van der Waals surface area contributed by atoms with Crippen molar-refractivity contribution in [2.75, 3.05) is 18.5 Å². The highest BCUT2D eigenvalue weighted by atomic mass is 16.5. The number of nitrogens with one attached hydrogen (secondary N) is 1. The largest absolute Gasteiger partial charge is 0.494 e. The monoisotopic (exact) mass is 520 g/mol. The third kappa shape index (κ3) is 5.09. The lowest BCUT2D eigenvalue weighted by Gasteiger charge is -2.20. The van der Waals surface area contributed by atoms with Gasteiger partial charge in [-0.1, -0.05) is 48.5 Å². The zero-order chi connectivity index (χ0) is 27.4. The third-order valence-electron chi connectivity index (χ3n) is 6.19. The molecule has 0 amide bonds. The Kier molecular flexibility index (Phi) is 7.36. The molecule has 0 bridgehead atoms. The van der Waals surface area contributed by atoms with E-state index in [2.05, 4.69) is 10.3 Å². The third-order valence-corrected chi connectivity index (χ3v) is 6.19. The minimum absolute atomic E-state index is 0.212. The number of rotatable bonds is 8. The van der Waals surface area contributed by atoms with E-state index in [0.717, 1.165) is 11.3 Å². The van der Waals surface area contributed by atoms with Crippen molar-refractivity contribution in [2.45, 2.75) is 20.8 Å². The molecule has 0 saturated heterocycles. The summed E-state index contributed by atoms with van der Waals surface area (Å²) in [4.78, 5) is 36.1. The van der Waals surface area contributed by atoms with Crippen molar-refractivity contribution in [3.8, 4) is 22.6 Å². The van der Waals surface area contributed by atoms with Crippen LogP contribution >= 0.6 is 0 Å². The first kappa shape index (κ1) is 25.7. The van der Waals surface area contributed by atoms with Crippen LogP contribution in [-0.4, -0.2) is 33.7 Å². The van der Waals surface area contributed by atoms with E-state index in [-0.39, 0.29) is 12.4 Å². The summed E-state index contributed by atoms with van der Waals surface area (Å²) >= 11 is 0. The zero-order valence-corrected chi connectivity index (χ0v) is 22.0. The van der Waals surface area contributed by atoms with Gasteiger partial charge in [-0.3, -0.25) is 0 Å². The van der Waals surface area contributed by atoms with Crippen LogP contribution in [0.15, 0.2) is 89.7 Å². The molecule has 0 fully saturated rings. The fourth-order valence-electron chi connectivity index (χ4n) is 4.55. The second-order valence-electron chi connectivity index (χ2n) is 8.73. The zero-order valence-electron chi connectivity index (χ0n) is 22.0. The van der Waals surface area contributed by atoms with Gasteiger partial charge >= 0.3 is 11.7 Å². The molecule has 5 aromatic rings. The van der Waals surface area contributed by atoms with Gasteiger partial charge < -0.3 is 14.8 Å². The first-order valence-electron chi connectivity index (χ1n) is 12.8. The average molecular weight is 521 g/mol. The van der Waals surface area contributed by atoms with Crippen LogP contribution in [0, 0.1) is 6.92 Å². The molecule has 0 aliphatic heterocycles. The number of para-hydroxylation sites is 1. The van der Waals surface area contributed by atoms with Gasteiger partial charge in [0.15, 0.2) is 5.65 Å². The summed E-state index contributed by atoms with van der Waals surface area (Å²) in [5, 5.41) is 3.81. The maximum absolute atomic E-state index is 13.5. The van der Waals surface area contributed by atoms with Crippen LogP contribution in [0.3, 0.4) is 0 Å². The van der Waals surface area contributed by atoms with E-state index >= 15 is 0 Å². The fourth-order valence-corrected chi connectivity index (χ4v) is 4.55. The second-order valence-corrected chi connectivity index (χ2v) is 8.73. The van der Waals surface area contributed by atoms with Crippen LogP contribution in [0.1, 0.15) is 29.9 Å². The fraction of sp³-hybridized carbons (Fsp3) is 0.161. The van der Waals surface area contributed by atoms with Crippen molar-refractivity contribution in [1.29, 1.82) is 0 Å². The number of benzene rings is 3. The number of esters is 1. The van der Waals surface area contributed by atoms with Crippen molar-refractivity contribution < 1.29 is 14.3 Å². The van der Waals surface area contributed by atoms with E-state index in [9.17, 15) is 9.59 Å². The van der Waals surface area contributed by atoms with Gasteiger partial charge in [-0.2, -0.15) is 4.98 Å². The van der Waals surface area contributed by atoms with Crippen LogP contribution in [0.4, 0.5) is 11.5 Å². The standard InChI is InChI=1S/C31H28N4O4/c1-4-38-24-18-16-22(17-19-24)33-28-27-26(21-12-8-6-9-13-21)25(30(36)39-5-2)20(3)32-29(27)35(31(37)34-28)23-14-10-7-11-15-23/h6-19H,4-5H2,1-3H3,(H,33,34,37). The number of nitrogens with zero attached hydrogens (tertiary/aromatic N) is 3. The SMILES string of the molecule is CCOC(=O)c1c(C)nc2c(c(Nc3ccc(OCC)cc3)nc(=O)n2-c2ccccc2)c1-c1ccccc1. The first-order valence-corrected chi connectivity index (χ1v) is 12.8. The van der Waals surface area contributed by atoms with Gasteiger partial charge in [-0.05, 0) is 62.7 Å².